The van der Waals surface area contributed by atoms with Gasteiger partial charge in [0.25, 0.3) is 0 Å². The van der Waals surface area contributed by atoms with Crippen LogP contribution in [0, 0.1) is 0 Å². The number of rotatable bonds is 3. The molecule has 0 spiro atoms. The van der Waals surface area contributed by atoms with Crippen LogP contribution in [-0.2, 0) is 10.3 Å². The lowest BCUT2D eigenvalue weighted by molar-refractivity contribution is 0.0522. The minimum absolute atomic E-state index is 0.00516. The number of halogens is 1. The van der Waals surface area contributed by atoms with Gasteiger partial charge in [-0.1, -0.05) is 37.5 Å². The first kappa shape index (κ1) is 16.5. The predicted octanol–water partition coefficient (Wildman–Crippen LogP) is 4.18. The molecule has 0 bridgehead atoms. The molecular formula is C16H17ClN2O2S. The van der Waals surface area contributed by atoms with Gasteiger partial charge in [0, 0.05) is 15.5 Å². The summed E-state index contributed by atoms with van der Waals surface area (Å²) in [5, 5.41) is 4.28. The Hall–Kier alpha value is -1.85. The van der Waals surface area contributed by atoms with Gasteiger partial charge in [0.1, 0.15) is 4.88 Å². The van der Waals surface area contributed by atoms with Crippen molar-refractivity contribution in [1.82, 2.24) is 0 Å². The van der Waals surface area contributed by atoms with Gasteiger partial charge in [-0.25, -0.2) is 4.79 Å². The zero-order valence-electron chi connectivity index (χ0n) is 12.6. The van der Waals surface area contributed by atoms with E-state index in [4.69, 9.17) is 22.2 Å². The van der Waals surface area contributed by atoms with E-state index in [1.54, 1.807) is 30.3 Å². The number of hydrogen-bond donors (Lipinski definition) is 1. The summed E-state index contributed by atoms with van der Waals surface area (Å²) in [6, 6.07) is 10.5. The van der Waals surface area contributed by atoms with Crippen molar-refractivity contribution in [2.75, 3.05) is 0 Å². The van der Waals surface area contributed by atoms with Gasteiger partial charge in [0.15, 0.2) is 5.84 Å². The van der Waals surface area contributed by atoms with Crippen LogP contribution in [-0.4, -0.2) is 11.8 Å². The number of amidine groups is 1. The van der Waals surface area contributed by atoms with E-state index in [0.717, 1.165) is 4.88 Å². The minimum atomic E-state index is -0.516. The van der Waals surface area contributed by atoms with E-state index in [-0.39, 0.29) is 11.3 Å². The fourth-order valence-corrected chi connectivity index (χ4v) is 2.72. The number of benzene rings is 1. The van der Waals surface area contributed by atoms with Crippen molar-refractivity contribution in [2.45, 2.75) is 26.2 Å². The molecule has 0 fully saturated rings. The van der Waals surface area contributed by atoms with E-state index in [2.05, 4.69) is 25.9 Å². The van der Waals surface area contributed by atoms with Gasteiger partial charge in [-0.3, -0.25) is 0 Å². The second kappa shape index (κ2) is 6.50. The van der Waals surface area contributed by atoms with Crippen molar-refractivity contribution in [3.05, 3.63) is 56.7 Å². The van der Waals surface area contributed by atoms with Crippen molar-refractivity contribution < 1.29 is 9.63 Å². The molecule has 0 saturated heterocycles. The third kappa shape index (κ3) is 4.08. The Morgan fingerprint density at radius 3 is 2.36 bits per heavy atom. The number of nitrogens with two attached hydrogens (primary N) is 1. The largest absolute Gasteiger partial charge is 0.380 e. The monoisotopic (exact) mass is 336 g/mol. The van der Waals surface area contributed by atoms with E-state index in [1.165, 1.54) is 11.3 Å². The summed E-state index contributed by atoms with van der Waals surface area (Å²) in [6.07, 6.45) is 0. The van der Waals surface area contributed by atoms with Crippen LogP contribution in [0.2, 0.25) is 5.02 Å². The molecule has 22 heavy (non-hydrogen) atoms. The summed E-state index contributed by atoms with van der Waals surface area (Å²) in [5.74, 6) is -0.393. The highest BCUT2D eigenvalue weighted by Gasteiger charge is 2.19. The van der Waals surface area contributed by atoms with Crippen molar-refractivity contribution in [3.63, 3.8) is 0 Å². The molecule has 0 atom stereocenters. The number of hydrogen-bond acceptors (Lipinski definition) is 4. The minimum Gasteiger partial charge on any atom is -0.380 e. The van der Waals surface area contributed by atoms with Crippen LogP contribution >= 0.6 is 22.9 Å². The molecule has 1 aromatic heterocycles. The molecule has 1 aromatic carbocycles. The van der Waals surface area contributed by atoms with Gasteiger partial charge in [-0.2, -0.15) is 0 Å². The van der Waals surface area contributed by atoms with Crippen molar-refractivity contribution in [3.8, 4) is 0 Å². The lowest BCUT2D eigenvalue weighted by Gasteiger charge is -2.15. The number of nitrogens with zero attached hydrogens (tertiary/aromatic N) is 1. The van der Waals surface area contributed by atoms with Crippen LogP contribution in [0.1, 0.15) is 40.9 Å². The van der Waals surface area contributed by atoms with E-state index >= 15 is 0 Å². The first-order valence-electron chi connectivity index (χ1n) is 6.68. The number of carbonyl (C=O) groups is 1. The van der Waals surface area contributed by atoms with Gasteiger partial charge < -0.3 is 10.6 Å². The lowest BCUT2D eigenvalue weighted by Crippen LogP contribution is -2.14. The summed E-state index contributed by atoms with van der Waals surface area (Å²) < 4.78 is 0. The molecule has 0 aliphatic carbocycles. The topological polar surface area (TPSA) is 64.7 Å². The van der Waals surface area contributed by atoms with E-state index in [0.29, 0.717) is 15.5 Å². The smallest absolute Gasteiger partial charge is 0.375 e. The normalized spacial score (nSPS) is 12.3. The Bertz CT molecular complexity index is 700. The first-order chi connectivity index (χ1) is 10.3. The maximum absolute atomic E-state index is 12.0. The molecule has 0 amide bonds. The average Bonchev–Trinajstić information content (AvgIpc) is 2.95. The summed E-state index contributed by atoms with van der Waals surface area (Å²) in [7, 11) is 0. The van der Waals surface area contributed by atoms with Crippen LogP contribution in [0.4, 0.5) is 0 Å². The number of oxime groups is 1. The third-order valence-corrected chi connectivity index (χ3v) is 4.66. The van der Waals surface area contributed by atoms with Gasteiger partial charge >= 0.3 is 5.97 Å². The molecule has 0 unspecified atom stereocenters. The Balaban J connectivity index is 2.07. The van der Waals surface area contributed by atoms with E-state index in [1.807, 2.05) is 6.07 Å². The quantitative estimate of drug-likeness (QED) is 0.396. The first-order valence-corrected chi connectivity index (χ1v) is 7.88. The zero-order chi connectivity index (χ0) is 16.3. The van der Waals surface area contributed by atoms with Crippen LogP contribution in [0.15, 0.2) is 41.6 Å². The molecule has 6 heteroatoms. The molecule has 2 aromatic rings. The molecule has 1 heterocycles. The maximum Gasteiger partial charge on any atom is 0.375 e. The van der Waals surface area contributed by atoms with Crippen molar-refractivity contribution in [2.24, 2.45) is 10.9 Å². The zero-order valence-corrected chi connectivity index (χ0v) is 14.2. The standard InChI is InChI=1S/C16H17ClN2O2S/c1-16(2,3)13-9-8-12(22-13)15(20)21-19-14(18)10-4-6-11(17)7-5-10/h4-9H,1-3H3,(H2,18,19). The Morgan fingerprint density at radius 1 is 1.18 bits per heavy atom. The van der Waals surface area contributed by atoms with Crippen molar-refractivity contribution >= 4 is 34.7 Å². The van der Waals surface area contributed by atoms with E-state index < -0.39 is 5.97 Å². The molecule has 0 radical (unpaired) electrons. The fourth-order valence-electron chi connectivity index (χ4n) is 1.66. The summed E-state index contributed by atoms with van der Waals surface area (Å²) in [5.41, 5.74) is 6.41. The SMILES string of the molecule is CC(C)(C)c1ccc(C(=O)O/N=C(/N)c2ccc(Cl)cc2)s1. The Labute approximate surface area is 138 Å². The summed E-state index contributed by atoms with van der Waals surface area (Å²) in [4.78, 5) is 18.5. The summed E-state index contributed by atoms with van der Waals surface area (Å²) in [6.45, 7) is 6.26. The van der Waals surface area contributed by atoms with Gasteiger partial charge in [0.05, 0.1) is 0 Å². The highest BCUT2D eigenvalue weighted by atomic mass is 35.5. The van der Waals surface area contributed by atoms with Crippen LogP contribution in [0.3, 0.4) is 0 Å². The molecule has 0 aliphatic rings. The maximum atomic E-state index is 12.0. The number of thiophene rings is 1. The van der Waals surface area contributed by atoms with Gasteiger partial charge in [-0.05, 0) is 41.8 Å². The van der Waals surface area contributed by atoms with E-state index in [9.17, 15) is 4.79 Å². The fraction of sp³-hybridized carbons (Fsp3) is 0.250. The van der Waals surface area contributed by atoms with Gasteiger partial charge in [-0.15, -0.1) is 11.3 Å². The molecule has 2 N–H and O–H groups in total. The Morgan fingerprint density at radius 2 is 1.82 bits per heavy atom. The number of carbonyl (C=O) groups excluding carboxylic acids is 1. The lowest BCUT2D eigenvalue weighted by atomic mass is 9.95. The molecule has 0 saturated carbocycles. The predicted molar refractivity (Wildman–Crippen MR) is 90.6 cm³/mol. The average molecular weight is 337 g/mol. The summed E-state index contributed by atoms with van der Waals surface area (Å²) >= 11 is 7.19. The second-order valence-electron chi connectivity index (χ2n) is 5.78. The molecule has 0 aliphatic heterocycles. The van der Waals surface area contributed by atoms with Crippen molar-refractivity contribution in [1.29, 1.82) is 0 Å². The molecule has 2 rings (SSSR count). The molecule has 4 nitrogen and oxygen atoms in total. The third-order valence-electron chi connectivity index (χ3n) is 2.91. The highest BCUT2D eigenvalue weighted by molar-refractivity contribution is 7.14. The van der Waals surface area contributed by atoms with Crippen LogP contribution in [0.25, 0.3) is 0 Å². The highest BCUT2D eigenvalue weighted by Crippen LogP contribution is 2.29. The Kier molecular flexibility index (Phi) is 4.88. The van der Waals surface area contributed by atoms with Crippen LogP contribution < -0.4 is 5.73 Å². The second-order valence-corrected chi connectivity index (χ2v) is 7.30. The van der Waals surface area contributed by atoms with Gasteiger partial charge in [0.2, 0.25) is 0 Å². The molecular weight excluding hydrogens is 320 g/mol. The van der Waals surface area contributed by atoms with Crippen LogP contribution in [0.5, 0.6) is 0 Å². The molecule has 116 valence electrons.